The number of fused-ring (bicyclic) bond motifs is 2. The second-order valence-electron chi connectivity index (χ2n) is 7.97. The second-order valence-corrected chi connectivity index (χ2v) is 10.1. The van der Waals surface area contributed by atoms with Crippen molar-refractivity contribution in [3.8, 4) is 5.75 Å². The number of hydrogen-bond acceptors (Lipinski definition) is 10. The first-order valence-electron chi connectivity index (χ1n) is 10.7. The summed E-state index contributed by atoms with van der Waals surface area (Å²) in [5, 5.41) is 30.0. The van der Waals surface area contributed by atoms with Crippen LogP contribution in [0.1, 0.15) is 5.56 Å². The number of hydrogen-bond donors (Lipinski definition) is 3. The molecule has 0 aliphatic rings. The first kappa shape index (κ1) is 34.3. The Hall–Kier alpha value is -1.92. The zero-order chi connectivity index (χ0) is 27.4. The van der Waals surface area contributed by atoms with Crippen molar-refractivity contribution in [1.29, 1.82) is 0 Å². The zero-order valence-electron chi connectivity index (χ0n) is 21.4. The number of carbonyl (C=O) groups is 2. The number of aliphatic carboxylic acids is 1. The van der Waals surface area contributed by atoms with Crippen molar-refractivity contribution in [2.75, 3.05) is 17.2 Å². The summed E-state index contributed by atoms with van der Waals surface area (Å²) in [6.45, 7) is 1.14. The van der Waals surface area contributed by atoms with Gasteiger partial charge in [0.15, 0.2) is 6.61 Å². The zero-order valence-corrected chi connectivity index (χ0v) is 27.1. The van der Waals surface area contributed by atoms with Gasteiger partial charge in [0.25, 0.3) is 0 Å². The third-order valence-corrected chi connectivity index (χ3v) is 6.70. The molecule has 40 heavy (non-hydrogen) atoms. The van der Waals surface area contributed by atoms with Gasteiger partial charge in [0.2, 0.25) is 0 Å². The van der Waals surface area contributed by atoms with Crippen LogP contribution in [0.25, 0.3) is 21.5 Å². The van der Waals surface area contributed by atoms with E-state index in [1.807, 2.05) is 19.1 Å². The molecular weight excluding hydrogens is 586 g/mol. The number of carboxylic acids is 1. The van der Waals surface area contributed by atoms with Gasteiger partial charge < -0.3 is 30.3 Å². The van der Waals surface area contributed by atoms with Crippen molar-refractivity contribution < 1.29 is 106 Å². The summed E-state index contributed by atoms with van der Waals surface area (Å²) in [7, 11) is -4.87. The average molecular weight is 605 g/mol. The minimum absolute atomic E-state index is 0. The smallest absolute Gasteiger partial charge is 0.744 e. The largest absolute Gasteiger partial charge is 1.00 e. The summed E-state index contributed by atoms with van der Waals surface area (Å²) in [5.74, 6) is -1.39. The number of anilines is 2. The molecule has 0 heterocycles. The van der Waals surface area contributed by atoms with Crippen molar-refractivity contribution in [2.24, 2.45) is 0 Å². The summed E-state index contributed by atoms with van der Waals surface area (Å²) in [6.07, 6.45) is 0. The SMILES string of the molecule is Cc1cc(SOO[O-])cc2cc(NC(=O)Nc3ccc4c(OCC(=O)O)cc(S(=O)(=O)[O-])cc4c3)ccc12.[Na+].[Na+]. The van der Waals surface area contributed by atoms with Gasteiger partial charge in [-0.2, -0.15) is 4.33 Å². The second kappa shape index (κ2) is 14.8. The van der Waals surface area contributed by atoms with Gasteiger partial charge in [-0.3, -0.25) is 5.04 Å². The number of carboxylic acid groups (broad SMARTS) is 1. The molecule has 0 bridgehead atoms. The Morgan fingerprint density at radius 2 is 1.52 bits per heavy atom. The molecule has 0 aliphatic heterocycles. The van der Waals surface area contributed by atoms with Crippen molar-refractivity contribution in [2.45, 2.75) is 16.7 Å². The van der Waals surface area contributed by atoms with Crippen LogP contribution in [0.2, 0.25) is 0 Å². The fraction of sp³-hybridized carbons (Fsp3) is 0.0833. The minimum atomic E-state index is -4.87. The fourth-order valence-corrected chi connectivity index (χ4v) is 4.82. The van der Waals surface area contributed by atoms with Gasteiger partial charge in [-0.15, -0.1) is 0 Å². The first-order chi connectivity index (χ1) is 18.0. The maximum atomic E-state index is 12.7. The van der Waals surface area contributed by atoms with E-state index in [9.17, 15) is 27.8 Å². The van der Waals surface area contributed by atoms with E-state index < -0.39 is 33.6 Å². The predicted molar refractivity (Wildman–Crippen MR) is 134 cm³/mol. The molecule has 16 heteroatoms. The van der Waals surface area contributed by atoms with E-state index in [2.05, 4.69) is 20.0 Å². The maximum Gasteiger partial charge on any atom is 1.00 e. The Labute approximate surface area is 276 Å². The Bertz CT molecular complexity index is 1670. The molecule has 198 valence electrons. The molecule has 0 fully saturated rings. The van der Waals surface area contributed by atoms with Crippen LogP contribution in [0.5, 0.6) is 5.75 Å². The van der Waals surface area contributed by atoms with Crippen LogP contribution >= 0.6 is 12.0 Å². The number of ether oxygens (including phenoxy) is 1. The van der Waals surface area contributed by atoms with Gasteiger partial charge in [0.05, 0.1) is 16.9 Å². The van der Waals surface area contributed by atoms with Gasteiger partial charge in [0.1, 0.15) is 15.9 Å². The molecule has 4 aromatic rings. The van der Waals surface area contributed by atoms with Crippen LogP contribution in [0.15, 0.2) is 70.5 Å². The Morgan fingerprint density at radius 3 is 2.10 bits per heavy atom. The molecule has 0 spiro atoms. The number of rotatable bonds is 9. The molecule has 0 atom stereocenters. The number of urea groups is 1. The minimum Gasteiger partial charge on any atom is -0.744 e. The molecule has 4 aromatic carbocycles. The van der Waals surface area contributed by atoms with Gasteiger partial charge in [-0.1, -0.05) is 6.07 Å². The molecule has 4 rings (SSSR count). The Balaban J connectivity index is 0.00000280. The van der Waals surface area contributed by atoms with Crippen LogP contribution in [0.4, 0.5) is 16.2 Å². The normalized spacial score (nSPS) is 10.9. The van der Waals surface area contributed by atoms with Crippen LogP contribution in [-0.2, 0) is 24.3 Å². The molecule has 0 unspecified atom stereocenters. The quantitative estimate of drug-likeness (QED) is 0.0606. The van der Waals surface area contributed by atoms with Crippen LogP contribution < -0.4 is 79.7 Å². The van der Waals surface area contributed by atoms with Crippen LogP contribution in [-0.4, -0.2) is 36.7 Å². The number of nitrogens with one attached hydrogen (secondary N) is 2. The van der Waals surface area contributed by atoms with E-state index in [1.54, 1.807) is 18.2 Å². The van der Waals surface area contributed by atoms with E-state index in [1.165, 1.54) is 18.2 Å². The molecule has 0 saturated heterocycles. The molecule has 0 radical (unpaired) electrons. The molecule has 2 amide bonds. The van der Waals surface area contributed by atoms with Gasteiger partial charge in [0, 0.05) is 21.7 Å². The van der Waals surface area contributed by atoms with Gasteiger partial charge in [-0.05, 0) is 83.2 Å². The topological polar surface area (TPSA) is 186 Å². The third-order valence-electron chi connectivity index (χ3n) is 5.33. The van der Waals surface area contributed by atoms with Crippen molar-refractivity contribution in [3.05, 3.63) is 66.2 Å². The standard InChI is InChI=1S/C24H20N2O10S2.2Na/c1-13-6-18(37-36-35-30)9-14-7-16(2-4-20(13)14)25-24(29)26-17-3-5-21-15(8-17)10-19(38(31,32)33)11-22(21)34-12-23(27)28;;/h2-11,30H,12H2,1H3,(H,27,28)(H2,25,26,29)(H,31,32,33);;/q;2*+1/p-2. The first-order valence-corrected chi connectivity index (χ1v) is 12.8. The van der Waals surface area contributed by atoms with E-state index in [0.717, 1.165) is 40.5 Å². The third kappa shape index (κ3) is 8.79. The molecule has 3 N–H and O–H groups in total. The van der Waals surface area contributed by atoms with Crippen LogP contribution in [0, 0.1) is 6.92 Å². The summed E-state index contributed by atoms with van der Waals surface area (Å²) >= 11 is 0.750. The van der Waals surface area contributed by atoms with E-state index in [4.69, 9.17) is 9.84 Å². The van der Waals surface area contributed by atoms with E-state index in [-0.39, 0.29) is 75.9 Å². The molecule has 0 aliphatic carbocycles. The summed E-state index contributed by atoms with van der Waals surface area (Å²) in [4.78, 5) is 23.6. The Kier molecular flexibility index (Phi) is 12.7. The number of aryl methyl sites for hydroxylation is 1. The van der Waals surface area contributed by atoms with Crippen LogP contribution in [0.3, 0.4) is 0 Å². The van der Waals surface area contributed by atoms with Crippen molar-refractivity contribution in [1.82, 2.24) is 0 Å². The summed E-state index contributed by atoms with van der Waals surface area (Å²) < 4.78 is 44.3. The molecule has 12 nitrogen and oxygen atoms in total. The molecule has 0 aromatic heterocycles. The van der Waals surface area contributed by atoms with E-state index in [0.29, 0.717) is 16.0 Å². The van der Waals surface area contributed by atoms with Crippen molar-refractivity contribution >= 4 is 67.1 Å². The number of amides is 2. The Morgan fingerprint density at radius 1 is 0.925 bits per heavy atom. The summed E-state index contributed by atoms with van der Waals surface area (Å²) in [5.41, 5.74) is 1.64. The predicted octanol–water partition coefficient (Wildman–Crippen LogP) is -2.45. The molecular formula is C24H18N2Na2O10S2. The van der Waals surface area contributed by atoms with E-state index >= 15 is 0 Å². The molecule has 0 saturated carbocycles. The average Bonchev–Trinajstić information content (AvgIpc) is 2.84. The van der Waals surface area contributed by atoms with Gasteiger partial charge >= 0.3 is 71.1 Å². The fourth-order valence-electron chi connectivity index (χ4n) is 3.79. The summed E-state index contributed by atoms with van der Waals surface area (Å²) in [6, 6.07) is 14.7. The van der Waals surface area contributed by atoms with Crippen molar-refractivity contribution in [3.63, 3.8) is 0 Å². The number of benzene rings is 4. The van der Waals surface area contributed by atoms with Gasteiger partial charge in [-0.25, -0.2) is 18.0 Å². The monoisotopic (exact) mass is 604 g/mol. The maximum absolute atomic E-state index is 12.7. The number of carbonyl (C=O) groups excluding carboxylic acids is 1.